The molecule has 0 aliphatic carbocycles. The number of hydrogen-bond acceptors (Lipinski definition) is 3. The number of esters is 1. The van der Waals surface area contributed by atoms with Crippen molar-refractivity contribution in [2.45, 2.75) is 6.92 Å². The second-order valence-electron chi connectivity index (χ2n) is 2.21. The zero-order valence-corrected chi connectivity index (χ0v) is 7.28. The van der Waals surface area contributed by atoms with Gasteiger partial charge in [0, 0.05) is 23.9 Å². The molecular weight excluding hydrogens is 166 g/mol. The maximum absolute atomic E-state index is 10.8. The van der Waals surface area contributed by atoms with Gasteiger partial charge in [-0.2, -0.15) is 0 Å². The Kier molecular flexibility index (Phi) is 3.52. The zero-order chi connectivity index (χ0) is 9.52. The number of rotatable bonds is 1. The monoisotopic (exact) mass is 175 g/mol. The van der Waals surface area contributed by atoms with Crippen LogP contribution in [0.25, 0.3) is 0 Å². The molecule has 0 saturated carbocycles. The fraction of sp³-hybridized carbons (Fsp3) is 0.200. The third-order valence-electron chi connectivity index (χ3n) is 1.25. The third kappa shape index (κ3) is 3.39. The average molecular weight is 175 g/mol. The summed E-state index contributed by atoms with van der Waals surface area (Å²) in [6.07, 6.45) is 3.24. The van der Waals surface area contributed by atoms with Crippen molar-refractivity contribution in [2.75, 3.05) is 6.61 Å². The highest BCUT2D eigenvalue weighted by Gasteiger charge is 1.91. The molecule has 0 atom stereocenters. The lowest BCUT2D eigenvalue weighted by atomic mass is 10.3. The molecule has 1 aromatic heterocycles. The van der Waals surface area contributed by atoms with Crippen molar-refractivity contribution < 1.29 is 9.53 Å². The fourth-order valence-electron chi connectivity index (χ4n) is 0.727. The van der Waals surface area contributed by atoms with E-state index < -0.39 is 5.97 Å². The van der Waals surface area contributed by atoms with Gasteiger partial charge >= 0.3 is 5.97 Å². The molecule has 13 heavy (non-hydrogen) atoms. The normalized spacial score (nSPS) is 8.38. The Balaban J connectivity index is 2.62. The van der Waals surface area contributed by atoms with Gasteiger partial charge in [-0.3, -0.25) is 4.98 Å². The van der Waals surface area contributed by atoms with Crippen LogP contribution in [0.1, 0.15) is 12.5 Å². The molecule has 0 unspecified atom stereocenters. The third-order valence-corrected chi connectivity index (χ3v) is 1.25. The molecule has 0 fully saturated rings. The van der Waals surface area contributed by atoms with E-state index in [1.807, 2.05) is 0 Å². The van der Waals surface area contributed by atoms with E-state index in [0.717, 1.165) is 0 Å². The van der Waals surface area contributed by atoms with Crippen LogP contribution >= 0.6 is 0 Å². The first kappa shape index (κ1) is 9.27. The second-order valence-corrected chi connectivity index (χ2v) is 2.21. The summed E-state index contributed by atoms with van der Waals surface area (Å²) in [6.45, 7) is 2.09. The van der Waals surface area contributed by atoms with Crippen molar-refractivity contribution in [2.24, 2.45) is 0 Å². The quantitative estimate of drug-likeness (QED) is 0.472. The van der Waals surface area contributed by atoms with Crippen LogP contribution in [0.5, 0.6) is 0 Å². The molecule has 3 heteroatoms. The van der Waals surface area contributed by atoms with E-state index in [0.29, 0.717) is 12.2 Å². The maximum atomic E-state index is 10.8. The minimum absolute atomic E-state index is 0.348. The highest BCUT2D eigenvalue weighted by Crippen LogP contribution is 1.91. The molecule has 0 spiro atoms. The highest BCUT2D eigenvalue weighted by atomic mass is 16.5. The van der Waals surface area contributed by atoms with Crippen molar-refractivity contribution in [3.8, 4) is 11.8 Å². The van der Waals surface area contributed by atoms with Crippen molar-refractivity contribution in [1.29, 1.82) is 0 Å². The van der Waals surface area contributed by atoms with Crippen molar-refractivity contribution in [3.05, 3.63) is 30.1 Å². The van der Waals surface area contributed by atoms with E-state index in [-0.39, 0.29) is 0 Å². The molecule has 0 radical (unpaired) electrons. The van der Waals surface area contributed by atoms with Crippen LogP contribution in [0, 0.1) is 11.8 Å². The Morgan fingerprint density at radius 1 is 1.69 bits per heavy atom. The summed E-state index contributed by atoms with van der Waals surface area (Å²) in [5.74, 6) is 4.48. The van der Waals surface area contributed by atoms with E-state index in [2.05, 4.69) is 21.6 Å². The first-order valence-corrected chi connectivity index (χ1v) is 3.91. The van der Waals surface area contributed by atoms with Gasteiger partial charge in [0.2, 0.25) is 0 Å². The van der Waals surface area contributed by atoms with Crippen LogP contribution < -0.4 is 0 Å². The average Bonchev–Trinajstić information content (AvgIpc) is 2.17. The van der Waals surface area contributed by atoms with E-state index in [1.165, 1.54) is 0 Å². The van der Waals surface area contributed by atoms with Crippen molar-refractivity contribution >= 4 is 5.97 Å². The standard InChI is InChI=1S/C10H9NO2/c1-2-13-10(12)6-5-9-4-3-7-11-8-9/h3-4,7-8H,2H2,1H3. The summed E-state index contributed by atoms with van der Waals surface area (Å²) in [6, 6.07) is 3.54. The predicted molar refractivity (Wildman–Crippen MR) is 47.7 cm³/mol. The number of nitrogens with zero attached hydrogens (tertiary/aromatic N) is 1. The van der Waals surface area contributed by atoms with Gasteiger partial charge in [0.25, 0.3) is 0 Å². The van der Waals surface area contributed by atoms with Crippen LogP contribution in [0.2, 0.25) is 0 Å². The largest absolute Gasteiger partial charge is 0.456 e. The molecule has 0 bridgehead atoms. The fourth-order valence-corrected chi connectivity index (χ4v) is 0.727. The van der Waals surface area contributed by atoms with Gasteiger partial charge in [-0.05, 0) is 19.1 Å². The first-order chi connectivity index (χ1) is 6.33. The molecule has 1 heterocycles. The Hall–Kier alpha value is -1.82. The molecule has 1 rings (SSSR count). The van der Waals surface area contributed by atoms with Gasteiger partial charge in [0.1, 0.15) is 0 Å². The number of aromatic nitrogens is 1. The molecule has 0 aromatic carbocycles. The van der Waals surface area contributed by atoms with E-state index in [1.54, 1.807) is 31.5 Å². The van der Waals surface area contributed by atoms with Crippen molar-refractivity contribution in [3.63, 3.8) is 0 Å². The number of carbonyl (C=O) groups is 1. The number of carbonyl (C=O) groups excluding carboxylic acids is 1. The summed E-state index contributed by atoms with van der Waals surface area (Å²) >= 11 is 0. The second kappa shape index (κ2) is 4.94. The smallest absolute Gasteiger partial charge is 0.384 e. The summed E-state index contributed by atoms with van der Waals surface area (Å²) < 4.78 is 4.63. The molecule has 66 valence electrons. The molecule has 0 amide bonds. The van der Waals surface area contributed by atoms with Crippen LogP contribution in [-0.4, -0.2) is 17.6 Å². The lowest BCUT2D eigenvalue weighted by Crippen LogP contribution is -1.99. The molecule has 3 nitrogen and oxygen atoms in total. The van der Waals surface area contributed by atoms with Crippen LogP contribution in [0.3, 0.4) is 0 Å². The summed E-state index contributed by atoms with van der Waals surface area (Å²) in [4.78, 5) is 14.7. The van der Waals surface area contributed by atoms with E-state index in [9.17, 15) is 4.79 Å². The highest BCUT2D eigenvalue weighted by molar-refractivity contribution is 5.89. The minimum Gasteiger partial charge on any atom is -0.456 e. The van der Waals surface area contributed by atoms with Gasteiger partial charge in [-0.15, -0.1) is 0 Å². The van der Waals surface area contributed by atoms with E-state index >= 15 is 0 Å². The zero-order valence-electron chi connectivity index (χ0n) is 7.28. The van der Waals surface area contributed by atoms with Crippen LogP contribution in [0.4, 0.5) is 0 Å². The molecule has 0 saturated heterocycles. The van der Waals surface area contributed by atoms with Crippen LogP contribution in [-0.2, 0) is 9.53 Å². The van der Waals surface area contributed by atoms with Gasteiger partial charge < -0.3 is 4.74 Å². The Morgan fingerprint density at radius 3 is 3.15 bits per heavy atom. The summed E-state index contributed by atoms with van der Waals surface area (Å²) in [7, 11) is 0. The maximum Gasteiger partial charge on any atom is 0.384 e. The Labute approximate surface area is 76.8 Å². The van der Waals surface area contributed by atoms with Gasteiger partial charge in [-0.1, -0.05) is 5.92 Å². The summed E-state index contributed by atoms with van der Waals surface area (Å²) in [5, 5.41) is 0. The molecule has 0 N–H and O–H groups in total. The van der Waals surface area contributed by atoms with E-state index in [4.69, 9.17) is 0 Å². The first-order valence-electron chi connectivity index (χ1n) is 3.91. The molecule has 1 aromatic rings. The van der Waals surface area contributed by atoms with Gasteiger partial charge in [-0.25, -0.2) is 4.79 Å². The van der Waals surface area contributed by atoms with Gasteiger partial charge in [0.05, 0.1) is 6.61 Å². The SMILES string of the molecule is CCOC(=O)C#Cc1cccnc1. The Bertz CT molecular complexity index is 335. The lowest BCUT2D eigenvalue weighted by molar-refractivity contribution is -0.136. The molecular formula is C10H9NO2. The number of pyridine rings is 1. The lowest BCUT2D eigenvalue weighted by Gasteiger charge is -1.90. The molecule has 0 aliphatic rings. The topological polar surface area (TPSA) is 39.2 Å². The van der Waals surface area contributed by atoms with Crippen LogP contribution in [0.15, 0.2) is 24.5 Å². The predicted octanol–water partition coefficient (Wildman–Crippen LogP) is 0.996. The number of hydrogen-bond donors (Lipinski definition) is 0. The summed E-state index contributed by atoms with van der Waals surface area (Å²) in [5.41, 5.74) is 0.704. The van der Waals surface area contributed by atoms with Gasteiger partial charge in [0.15, 0.2) is 0 Å². The number of ether oxygens (including phenoxy) is 1. The van der Waals surface area contributed by atoms with Crippen molar-refractivity contribution in [1.82, 2.24) is 4.98 Å². The minimum atomic E-state index is -0.508. The Morgan fingerprint density at radius 2 is 2.54 bits per heavy atom. The molecule has 0 aliphatic heterocycles.